The smallest absolute Gasteiger partial charge is 0.258 e. The van der Waals surface area contributed by atoms with Gasteiger partial charge >= 0.3 is 0 Å². The molecule has 1 saturated heterocycles. The van der Waals surface area contributed by atoms with E-state index in [0.29, 0.717) is 35.4 Å². The zero-order valence-electron chi connectivity index (χ0n) is 15.6. The SMILES string of the molecule is N#Cc1ccccc1CN(Cc1nc2ccccc2c(=O)[nH]1)CC1CCCO1. The first-order chi connectivity index (χ1) is 13.7. The Hall–Kier alpha value is -3.01. The van der Waals surface area contributed by atoms with Crippen LogP contribution in [-0.2, 0) is 17.8 Å². The number of hydrogen-bond acceptors (Lipinski definition) is 5. The monoisotopic (exact) mass is 374 g/mol. The molecule has 0 saturated carbocycles. The van der Waals surface area contributed by atoms with Crippen LogP contribution in [0.1, 0.15) is 29.8 Å². The van der Waals surface area contributed by atoms with Gasteiger partial charge in [-0.05, 0) is 36.6 Å². The lowest BCUT2D eigenvalue weighted by Crippen LogP contribution is -2.33. The minimum Gasteiger partial charge on any atom is -0.377 e. The lowest BCUT2D eigenvalue weighted by Gasteiger charge is -2.25. The normalized spacial score (nSPS) is 16.5. The second-order valence-electron chi connectivity index (χ2n) is 7.10. The maximum absolute atomic E-state index is 12.4. The van der Waals surface area contributed by atoms with Crippen LogP contribution >= 0.6 is 0 Å². The molecule has 1 atom stereocenters. The summed E-state index contributed by atoms with van der Waals surface area (Å²) in [6.07, 6.45) is 2.26. The number of benzene rings is 2. The Morgan fingerprint density at radius 2 is 2.00 bits per heavy atom. The average Bonchev–Trinajstić information content (AvgIpc) is 3.21. The van der Waals surface area contributed by atoms with Gasteiger partial charge in [-0.15, -0.1) is 0 Å². The van der Waals surface area contributed by atoms with Crippen molar-refractivity contribution in [2.75, 3.05) is 13.2 Å². The van der Waals surface area contributed by atoms with E-state index >= 15 is 0 Å². The number of nitriles is 1. The van der Waals surface area contributed by atoms with Crippen LogP contribution in [0.25, 0.3) is 10.9 Å². The lowest BCUT2D eigenvalue weighted by atomic mass is 10.1. The molecule has 0 aliphatic carbocycles. The molecular weight excluding hydrogens is 352 g/mol. The predicted molar refractivity (Wildman–Crippen MR) is 107 cm³/mol. The molecule has 0 bridgehead atoms. The molecule has 2 aromatic carbocycles. The van der Waals surface area contributed by atoms with Crippen LogP contribution in [0.15, 0.2) is 53.3 Å². The minimum absolute atomic E-state index is 0.130. The zero-order chi connectivity index (χ0) is 19.3. The van der Waals surface area contributed by atoms with Crippen LogP contribution in [0.3, 0.4) is 0 Å². The number of H-pyrrole nitrogens is 1. The Labute approximate surface area is 163 Å². The third-order valence-corrected chi connectivity index (χ3v) is 5.05. The van der Waals surface area contributed by atoms with E-state index in [0.717, 1.165) is 31.6 Å². The number of nitrogens with one attached hydrogen (secondary N) is 1. The van der Waals surface area contributed by atoms with E-state index in [1.165, 1.54) is 0 Å². The fraction of sp³-hybridized carbons (Fsp3) is 0.318. The molecule has 0 radical (unpaired) electrons. The lowest BCUT2D eigenvalue weighted by molar-refractivity contribution is 0.0670. The molecule has 1 fully saturated rings. The first-order valence-corrected chi connectivity index (χ1v) is 9.53. The van der Waals surface area contributed by atoms with Crippen LogP contribution in [0.2, 0.25) is 0 Å². The Morgan fingerprint density at radius 3 is 2.82 bits per heavy atom. The summed E-state index contributed by atoms with van der Waals surface area (Å²) in [5.41, 5.74) is 2.19. The van der Waals surface area contributed by atoms with Crippen molar-refractivity contribution in [3.63, 3.8) is 0 Å². The average molecular weight is 374 g/mol. The van der Waals surface area contributed by atoms with E-state index in [1.807, 2.05) is 42.5 Å². The molecule has 6 heteroatoms. The summed E-state index contributed by atoms with van der Waals surface area (Å²) in [5, 5.41) is 10.00. The van der Waals surface area contributed by atoms with Crippen molar-refractivity contribution < 1.29 is 4.74 Å². The number of nitrogens with zero attached hydrogens (tertiary/aromatic N) is 3. The van der Waals surface area contributed by atoms with Crippen LogP contribution in [0, 0.1) is 11.3 Å². The molecule has 1 N–H and O–H groups in total. The predicted octanol–water partition coefficient (Wildman–Crippen LogP) is 2.98. The highest BCUT2D eigenvalue weighted by Gasteiger charge is 2.21. The molecule has 1 aromatic heterocycles. The second kappa shape index (κ2) is 8.34. The summed E-state index contributed by atoms with van der Waals surface area (Å²) in [7, 11) is 0. The maximum atomic E-state index is 12.4. The minimum atomic E-state index is -0.130. The van der Waals surface area contributed by atoms with Gasteiger partial charge in [-0.1, -0.05) is 30.3 Å². The standard InChI is InChI=1S/C22H22N4O2/c23-12-16-6-1-2-7-17(16)13-26(14-18-8-5-11-28-18)15-21-24-20-10-4-3-9-19(20)22(27)25-21/h1-4,6-7,9-10,18H,5,8,11,13-15H2,(H,24,25,27). The van der Waals surface area contributed by atoms with Crippen LogP contribution in [-0.4, -0.2) is 34.1 Å². The van der Waals surface area contributed by atoms with Crippen molar-refractivity contribution in [2.24, 2.45) is 0 Å². The fourth-order valence-corrected chi connectivity index (χ4v) is 3.69. The Kier molecular flexibility index (Phi) is 5.47. The van der Waals surface area contributed by atoms with Gasteiger partial charge in [0, 0.05) is 19.7 Å². The summed E-state index contributed by atoms with van der Waals surface area (Å²) < 4.78 is 5.81. The first kappa shape index (κ1) is 18.4. The molecule has 4 rings (SSSR count). The van der Waals surface area contributed by atoms with E-state index in [4.69, 9.17) is 4.74 Å². The molecule has 28 heavy (non-hydrogen) atoms. The van der Waals surface area contributed by atoms with Gasteiger partial charge in [-0.2, -0.15) is 5.26 Å². The second-order valence-corrected chi connectivity index (χ2v) is 7.10. The highest BCUT2D eigenvalue weighted by Crippen LogP contribution is 2.18. The van der Waals surface area contributed by atoms with Crippen LogP contribution in [0.5, 0.6) is 0 Å². The van der Waals surface area contributed by atoms with E-state index in [-0.39, 0.29) is 11.7 Å². The first-order valence-electron chi connectivity index (χ1n) is 9.53. The molecule has 142 valence electrons. The van der Waals surface area contributed by atoms with Crippen LogP contribution < -0.4 is 5.56 Å². The van der Waals surface area contributed by atoms with Crippen molar-refractivity contribution in [1.82, 2.24) is 14.9 Å². The zero-order valence-corrected chi connectivity index (χ0v) is 15.6. The van der Waals surface area contributed by atoms with Gasteiger partial charge in [0.25, 0.3) is 5.56 Å². The molecule has 2 heterocycles. The molecule has 0 spiro atoms. The summed E-state index contributed by atoms with van der Waals surface area (Å²) in [6, 6.07) is 17.2. The molecule has 0 amide bonds. The summed E-state index contributed by atoms with van der Waals surface area (Å²) in [6.45, 7) is 2.61. The van der Waals surface area contributed by atoms with Crippen molar-refractivity contribution in [1.29, 1.82) is 5.26 Å². The molecular formula is C22H22N4O2. The molecule has 6 nitrogen and oxygen atoms in total. The summed E-state index contributed by atoms with van der Waals surface area (Å²) >= 11 is 0. The highest BCUT2D eigenvalue weighted by atomic mass is 16.5. The van der Waals surface area contributed by atoms with Crippen molar-refractivity contribution in [2.45, 2.75) is 32.0 Å². The molecule has 1 aliphatic rings. The topological polar surface area (TPSA) is 82.0 Å². The Balaban J connectivity index is 1.61. The summed E-state index contributed by atoms with van der Waals surface area (Å²) in [5.74, 6) is 0.621. The Morgan fingerprint density at radius 1 is 1.18 bits per heavy atom. The number of para-hydroxylation sites is 1. The van der Waals surface area contributed by atoms with E-state index < -0.39 is 0 Å². The van der Waals surface area contributed by atoms with Gasteiger partial charge in [-0.25, -0.2) is 4.98 Å². The number of aromatic nitrogens is 2. The van der Waals surface area contributed by atoms with E-state index in [2.05, 4.69) is 20.9 Å². The third kappa shape index (κ3) is 4.11. The van der Waals surface area contributed by atoms with Gasteiger partial charge in [0.15, 0.2) is 0 Å². The number of ether oxygens (including phenoxy) is 1. The largest absolute Gasteiger partial charge is 0.377 e. The van der Waals surface area contributed by atoms with Crippen molar-refractivity contribution in [3.8, 4) is 6.07 Å². The number of hydrogen-bond donors (Lipinski definition) is 1. The number of aromatic amines is 1. The number of rotatable bonds is 6. The van der Waals surface area contributed by atoms with Crippen LogP contribution in [0.4, 0.5) is 0 Å². The third-order valence-electron chi connectivity index (χ3n) is 5.05. The quantitative estimate of drug-likeness (QED) is 0.717. The molecule has 3 aromatic rings. The van der Waals surface area contributed by atoms with Gasteiger partial charge in [0.2, 0.25) is 0 Å². The van der Waals surface area contributed by atoms with Crippen molar-refractivity contribution in [3.05, 3.63) is 75.8 Å². The van der Waals surface area contributed by atoms with Gasteiger partial charge in [-0.3, -0.25) is 9.69 Å². The van der Waals surface area contributed by atoms with E-state index in [1.54, 1.807) is 6.07 Å². The molecule has 1 aliphatic heterocycles. The van der Waals surface area contributed by atoms with Gasteiger partial charge < -0.3 is 9.72 Å². The molecule has 1 unspecified atom stereocenters. The summed E-state index contributed by atoms with van der Waals surface area (Å²) in [4.78, 5) is 22.1. The fourth-order valence-electron chi connectivity index (χ4n) is 3.69. The Bertz CT molecular complexity index is 1060. The maximum Gasteiger partial charge on any atom is 0.258 e. The highest BCUT2D eigenvalue weighted by molar-refractivity contribution is 5.77. The number of fused-ring (bicyclic) bond motifs is 1. The van der Waals surface area contributed by atoms with Gasteiger partial charge in [0.05, 0.1) is 35.2 Å². The van der Waals surface area contributed by atoms with Gasteiger partial charge in [0.1, 0.15) is 5.82 Å². The van der Waals surface area contributed by atoms with Crippen molar-refractivity contribution >= 4 is 10.9 Å². The van der Waals surface area contributed by atoms with E-state index in [9.17, 15) is 10.1 Å².